The van der Waals surface area contributed by atoms with Crippen LogP contribution >= 0.6 is 0 Å². The van der Waals surface area contributed by atoms with Crippen molar-refractivity contribution in [3.05, 3.63) is 35.9 Å². The molecule has 22 heavy (non-hydrogen) atoms. The number of rotatable bonds is 6. The Morgan fingerprint density at radius 2 is 2.05 bits per heavy atom. The van der Waals surface area contributed by atoms with Crippen LogP contribution in [0.2, 0.25) is 0 Å². The van der Waals surface area contributed by atoms with E-state index < -0.39 is 11.6 Å². The molecule has 0 saturated heterocycles. The summed E-state index contributed by atoms with van der Waals surface area (Å²) in [5.74, 6) is -0.223. The molecule has 0 unspecified atom stereocenters. The van der Waals surface area contributed by atoms with E-state index in [-0.39, 0.29) is 17.9 Å². The summed E-state index contributed by atoms with van der Waals surface area (Å²) in [5.41, 5.74) is -0.128. The summed E-state index contributed by atoms with van der Waals surface area (Å²) in [7, 11) is 0. The van der Waals surface area contributed by atoms with Crippen LogP contribution in [0.5, 0.6) is 0 Å². The zero-order valence-electron chi connectivity index (χ0n) is 13.9. The predicted molar refractivity (Wildman–Crippen MR) is 87.6 cm³/mol. The summed E-state index contributed by atoms with van der Waals surface area (Å²) in [4.78, 5) is 12.5. The van der Waals surface area contributed by atoms with Crippen LogP contribution < -0.4 is 0 Å². The lowest BCUT2D eigenvalue weighted by Gasteiger charge is -2.28. The molecule has 3 heteroatoms. The number of aliphatic hydroxyl groups is 1. The summed E-state index contributed by atoms with van der Waals surface area (Å²) >= 11 is 0. The monoisotopic (exact) mass is 304 g/mol. The minimum Gasteiger partial charge on any atom is -0.461 e. The van der Waals surface area contributed by atoms with Gasteiger partial charge >= 0.3 is 5.97 Å². The Morgan fingerprint density at radius 1 is 1.36 bits per heavy atom. The normalized spacial score (nSPS) is 28.0. The average molecular weight is 304 g/mol. The van der Waals surface area contributed by atoms with Crippen LogP contribution in [0.15, 0.2) is 30.3 Å². The predicted octanol–water partition coefficient (Wildman–Crippen LogP) is 4.05. The zero-order chi connectivity index (χ0) is 16.2. The van der Waals surface area contributed by atoms with Gasteiger partial charge in [0.2, 0.25) is 0 Å². The number of carbonyl (C=O) groups excluding carboxylic acids is 1. The maximum atomic E-state index is 12.5. The second-order valence-electron chi connectivity index (χ2n) is 6.76. The number of benzene rings is 1. The number of hydrogen-bond donors (Lipinski definition) is 1. The molecule has 1 N–H and O–H groups in total. The summed E-state index contributed by atoms with van der Waals surface area (Å²) in [5, 5.41) is 11.1. The van der Waals surface area contributed by atoms with Gasteiger partial charge in [-0.2, -0.15) is 0 Å². The van der Waals surface area contributed by atoms with Gasteiger partial charge in [0, 0.05) is 0 Å². The lowest BCUT2D eigenvalue weighted by molar-refractivity contribution is -0.174. The summed E-state index contributed by atoms with van der Waals surface area (Å²) < 4.78 is 5.34. The first kappa shape index (κ1) is 17.0. The first-order chi connectivity index (χ1) is 10.5. The van der Waals surface area contributed by atoms with Crippen molar-refractivity contribution in [2.75, 3.05) is 0 Å². The first-order valence-electron chi connectivity index (χ1n) is 8.45. The molecule has 0 spiro atoms. The molecule has 1 fully saturated rings. The van der Waals surface area contributed by atoms with Crippen molar-refractivity contribution in [3.8, 4) is 0 Å². The van der Waals surface area contributed by atoms with Crippen LogP contribution in [0.3, 0.4) is 0 Å². The van der Waals surface area contributed by atoms with Gasteiger partial charge in [0.25, 0.3) is 0 Å². The van der Waals surface area contributed by atoms with E-state index in [1.54, 1.807) is 0 Å². The van der Waals surface area contributed by atoms with E-state index in [2.05, 4.69) is 19.1 Å². The van der Waals surface area contributed by atoms with Gasteiger partial charge in [-0.25, -0.2) is 4.79 Å². The summed E-state index contributed by atoms with van der Waals surface area (Å²) in [6.45, 7) is 5.78. The van der Waals surface area contributed by atoms with Crippen molar-refractivity contribution in [2.24, 2.45) is 5.92 Å². The van der Waals surface area contributed by atoms with Gasteiger partial charge in [-0.15, -0.1) is 0 Å². The third-order valence-electron chi connectivity index (χ3n) is 4.68. The van der Waals surface area contributed by atoms with Crippen LogP contribution in [0.1, 0.15) is 64.4 Å². The molecule has 3 nitrogen and oxygen atoms in total. The molecule has 0 radical (unpaired) electrons. The van der Waals surface area contributed by atoms with Gasteiger partial charge in [0.05, 0.1) is 6.10 Å². The van der Waals surface area contributed by atoms with Crippen LogP contribution in [0, 0.1) is 5.92 Å². The number of carbonyl (C=O) groups is 1. The molecule has 1 aliphatic rings. The van der Waals surface area contributed by atoms with Crippen molar-refractivity contribution in [1.82, 2.24) is 0 Å². The minimum absolute atomic E-state index is 0.0103. The molecule has 0 amide bonds. The fourth-order valence-corrected chi connectivity index (χ4v) is 3.52. The largest absolute Gasteiger partial charge is 0.461 e. The van der Waals surface area contributed by atoms with E-state index in [4.69, 9.17) is 4.74 Å². The third-order valence-corrected chi connectivity index (χ3v) is 4.68. The molecule has 1 aromatic rings. The molecule has 122 valence electrons. The van der Waals surface area contributed by atoms with Crippen LogP contribution in [-0.2, 0) is 9.53 Å². The Bertz CT molecular complexity index is 483. The minimum atomic E-state index is -1.33. The molecular weight excluding hydrogens is 276 g/mol. The molecule has 0 heterocycles. The van der Waals surface area contributed by atoms with Gasteiger partial charge in [0.1, 0.15) is 0 Å². The molecule has 2 rings (SSSR count). The molecule has 1 aliphatic carbocycles. The van der Waals surface area contributed by atoms with Crippen molar-refractivity contribution in [1.29, 1.82) is 0 Å². The van der Waals surface area contributed by atoms with Crippen LogP contribution in [-0.4, -0.2) is 22.8 Å². The molecule has 0 bridgehead atoms. The lowest BCUT2D eigenvalue weighted by Crippen LogP contribution is -2.44. The molecule has 3 atom stereocenters. The molecular formula is C19H28O3. The Balaban J connectivity index is 2.19. The van der Waals surface area contributed by atoms with Crippen molar-refractivity contribution < 1.29 is 14.6 Å². The Kier molecular flexibility index (Phi) is 5.63. The van der Waals surface area contributed by atoms with E-state index >= 15 is 0 Å². The quantitative estimate of drug-likeness (QED) is 0.806. The third kappa shape index (κ3) is 3.70. The average Bonchev–Trinajstić information content (AvgIpc) is 2.84. The van der Waals surface area contributed by atoms with Gasteiger partial charge in [-0.05, 0) is 50.5 Å². The fourth-order valence-electron chi connectivity index (χ4n) is 3.52. The Morgan fingerprint density at radius 3 is 2.64 bits per heavy atom. The number of ether oxygens (including phenoxy) is 1. The molecule has 0 aromatic heterocycles. The molecule has 1 saturated carbocycles. The second kappa shape index (κ2) is 7.28. The molecule has 0 aliphatic heterocycles. The van der Waals surface area contributed by atoms with E-state index in [0.717, 1.165) is 25.7 Å². The highest BCUT2D eigenvalue weighted by molar-refractivity contribution is 5.80. The molecule has 1 aromatic carbocycles. The van der Waals surface area contributed by atoms with Gasteiger partial charge in [0.15, 0.2) is 5.60 Å². The number of hydrogen-bond acceptors (Lipinski definition) is 3. The topological polar surface area (TPSA) is 46.5 Å². The van der Waals surface area contributed by atoms with E-state index in [9.17, 15) is 9.90 Å². The van der Waals surface area contributed by atoms with Crippen molar-refractivity contribution in [3.63, 3.8) is 0 Å². The first-order valence-corrected chi connectivity index (χ1v) is 8.45. The maximum Gasteiger partial charge on any atom is 0.338 e. The second-order valence-corrected chi connectivity index (χ2v) is 6.76. The van der Waals surface area contributed by atoms with Crippen LogP contribution in [0.25, 0.3) is 0 Å². The van der Waals surface area contributed by atoms with Crippen molar-refractivity contribution in [2.45, 2.75) is 70.5 Å². The lowest BCUT2D eigenvalue weighted by atomic mass is 9.87. The summed E-state index contributed by atoms with van der Waals surface area (Å²) in [6.07, 6.45) is 4.11. The number of esters is 1. The smallest absolute Gasteiger partial charge is 0.338 e. The van der Waals surface area contributed by atoms with Gasteiger partial charge < -0.3 is 9.84 Å². The van der Waals surface area contributed by atoms with Crippen LogP contribution in [0.4, 0.5) is 0 Å². The highest BCUT2D eigenvalue weighted by Crippen LogP contribution is 2.47. The maximum absolute atomic E-state index is 12.5. The highest BCUT2D eigenvalue weighted by Gasteiger charge is 2.52. The number of unbranched alkanes of at least 4 members (excludes halogenated alkanes) is 1. The van der Waals surface area contributed by atoms with Gasteiger partial charge in [-0.3, -0.25) is 0 Å². The summed E-state index contributed by atoms with van der Waals surface area (Å²) in [6, 6.07) is 10.2. The van der Waals surface area contributed by atoms with E-state index in [1.165, 1.54) is 5.56 Å². The SMILES string of the molecule is CCCC[C@H]1C[C@@H](c2ccccc2)C[C@]1(O)C(=O)OC(C)C. The van der Waals surface area contributed by atoms with Crippen molar-refractivity contribution >= 4 is 5.97 Å². The van der Waals surface area contributed by atoms with Gasteiger partial charge in [-0.1, -0.05) is 50.1 Å². The fraction of sp³-hybridized carbons (Fsp3) is 0.632. The standard InChI is InChI=1S/C19H28O3/c1-4-5-11-17-12-16(15-9-7-6-8-10-15)13-19(17,21)18(20)22-14(2)3/h6-10,14,16-17,21H,4-5,11-13H2,1-3H3/t16-,17+,19-/m1/s1. The Labute approximate surface area is 133 Å². The van der Waals surface area contributed by atoms with E-state index in [1.807, 2.05) is 32.0 Å². The van der Waals surface area contributed by atoms with E-state index in [0.29, 0.717) is 6.42 Å². The zero-order valence-corrected chi connectivity index (χ0v) is 13.9. The Hall–Kier alpha value is -1.35. The highest BCUT2D eigenvalue weighted by atomic mass is 16.6.